The van der Waals surface area contributed by atoms with Crippen LogP contribution < -0.4 is 0 Å². The molecule has 2 aliphatic heterocycles. The van der Waals surface area contributed by atoms with Gasteiger partial charge in [-0.1, -0.05) is 27.7 Å². The fraction of sp³-hybridized carbons (Fsp3) is 0.667. The van der Waals surface area contributed by atoms with Crippen molar-refractivity contribution in [3.05, 3.63) is 18.7 Å². The molecule has 8 heteroatoms. The number of amides is 4. The highest BCUT2D eigenvalue weighted by molar-refractivity contribution is 6.04. The van der Waals surface area contributed by atoms with Gasteiger partial charge in [0.05, 0.1) is 12.9 Å². The first-order valence-corrected chi connectivity index (χ1v) is 9.03. The number of urea groups is 1. The lowest BCUT2D eigenvalue weighted by molar-refractivity contribution is -0.134. The highest BCUT2D eigenvalue weighted by Gasteiger charge is 2.50. The fourth-order valence-electron chi connectivity index (χ4n) is 3.71. The van der Waals surface area contributed by atoms with Gasteiger partial charge in [0.25, 0.3) is 5.91 Å². The average molecular weight is 361 g/mol. The number of imidazole rings is 1. The molecule has 0 saturated carbocycles. The zero-order valence-electron chi connectivity index (χ0n) is 15.9. The summed E-state index contributed by atoms with van der Waals surface area (Å²) in [5.41, 5.74) is -0.289. The molecule has 26 heavy (non-hydrogen) atoms. The molecule has 1 atom stereocenters. The standard InChI is InChI=1S/C18H27N5O3/c1-13(2)7-22-16(25)14-8-21(15(24)9-20-6-5-19-12-20)10-18(3,4)11-23(14)17(22)26/h5-6,12-14H,7-11H2,1-4H3. The normalized spacial score (nSPS) is 22.8. The lowest BCUT2D eigenvalue weighted by atomic mass is 9.92. The number of hydrogen-bond acceptors (Lipinski definition) is 4. The minimum atomic E-state index is -0.588. The van der Waals surface area contributed by atoms with Crippen molar-refractivity contribution < 1.29 is 14.4 Å². The molecule has 0 radical (unpaired) electrons. The summed E-state index contributed by atoms with van der Waals surface area (Å²) in [7, 11) is 0. The summed E-state index contributed by atoms with van der Waals surface area (Å²) in [6.45, 7) is 9.82. The molecule has 1 aromatic heterocycles. The van der Waals surface area contributed by atoms with Crippen LogP contribution in [-0.4, -0.2) is 74.3 Å². The second-order valence-corrected chi connectivity index (χ2v) is 8.44. The van der Waals surface area contributed by atoms with Crippen molar-refractivity contribution in [1.29, 1.82) is 0 Å². The monoisotopic (exact) mass is 361 g/mol. The summed E-state index contributed by atoms with van der Waals surface area (Å²) >= 11 is 0. The van der Waals surface area contributed by atoms with Crippen LogP contribution in [0.15, 0.2) is 18.7 Å². The molecule has 8 nitrogen and oxygen atoms in total. The Labute approximate surface area is 153 Å². The van der Waals surface area contributed by atoms with Crippen LogP contribution in [0.1, 0.15) is 27.7 Å². The van der Waals surface area contributed by atoms with E-state index in [0.717, 1.165) is 0 Å². The molecule has 0 spiro atoms. The SMILES string of the molecule is CC(C)CN1C(=O)C2CN(C(=O)Cn3ccnc3)CC(C)(C)CN2C1=O. The Bertz CT molecular complexity index is 698. The molecule has 1 aromatic rings. The van der Waals surface area contributed by atoms with E-state index in [1.54, 1.807) is 33.1 Å². The van der Waals surface area contributed by atoms with E-state index < -0.39 is 6.04 Å². The van der Waals surface area contributed by atoms with Gasteiger partial charge in [-0.2, -0.15) is 0 Å². The Kier molecular flexibility index (Phi) is 4.77. The maximum atomic E-state index is 12.8. The van der Waals surface area contributed by atoms with Gasteiger partial charge in [-0.05, 0) is 5.92 Å². The van der Waals surface area contributed by atoms with Gasteiger partial charge in [0.15, 0.2) is 0 Å². The van der Waals surface area contributed by atoms with Gasteiger partial charge in [0.1, 0.15) is 12.6 Å². The predicted octanol–water partition coefficient (Wildman–Crippen LogP) is 1.04. The van der Waals surface area contributed by atoms with Crippen LogP contribution in [-0.2, 0) is 16.1 Å². The lowest BCUT2D eigenvalue weighted by Gasteiger charge is -2.31. The number of carbonyl (C=O) groups is 3. The second kappa shape index (κ2) is 6.74. The molecule has 0 N–H and O–H groups in total. The van der Waals surface area contributed by atoms with Crippen LogP contribution in [0.2, 0.25) is 0 Å². The van der Waals surface area contributed by atoms with Crippen molar-refractivity contribution >= 4 is 17.8 Å². The molecule has 2 fully saturated rings. The molecule has 0 aliphatic carbocycles. The van der Waals surface area contributed by atoms with Crippen molar-refractivity contribution in [3.8, 4) is 0 Å². The highest BCUT2D eigenvalue weighted by atomic mass is 16.2. The van der Waals surface area contributed by atoms with Crippen LogP contribution in [0.4, 0.5) is 4.79 Å². The maximum absolute atomic E-state index is 12.8. The minimum absolute atomic E-state index is 0.0690. The van der Waals surface area contributed by atoms with Gasteiger partial charge in [-0.3, -0.25) is 14.5 Å². The van der Waals surface area contributed by atoms with Gasteiger partial charge in [0, 0.05) is 37.4 Å². The second-order valence-electron chi connectivity index (χ2n) is 8.44. The van der Waals surface area contributed by atoms with Crippen molar-refractivity contribution in [2.75, 3.05) is 26.2 Å². The largest absolute Gasteiger partial charge is 0.338 e. The summed E-state index contributed by atoms with van der Waals surface area (Å²) < 4.78 is 1.71. The first-order valence-electron chi connectivity index (χ1n) is 9.03. The van der Waals surface area contributed by atoms with Crippen LogP contribution in [0, 0.1) is 11.3 Å². The van der Waals surface area contributed by atoms with Crippen LogP contribution in [0.25, 0.3) is 0 Å². The molecule has 4 amide bonds. The Morgan fingerprint density at radius 2 is 2.04 bits per heavy atom. The van der Waals surface area contributed by atoms with E-state index in [2.05, 4.69) is 4.98 Å². The molecular formula is C18H27N5O3. The van der Waals surface area contributed by atoms with Gasteiger partial charge < -0.3 is 14.4 Å². The molecule has 2 aliphatic rings. The third-order valence-corrected chi connectivity index (χ3v) is 4.79. The van der Waals surface area contributed by atoms with Crippen LogP contribution in [0.5, 0.6) is 0 Å². The molecule has 0 aromatic carbocycles. The molecular weight excluding hydrogens is 334 g/mol. The third-order valence-electron chi connectivity index (χ3n) is 4.79. The zero-order valence-corrected chi connectivity index (χ0v) is 15.9. The average Bonchev–Trinajstić information content (AvgIpc) is 3.07. The van der Waals surface area contributed by atoms with E-state index in [4.69, 9.17) is 0 Å². The Hall–Kier alpha value is -2.38. The number of nitrogens with zero attached hydrogens (tertiary/aromatic N) is 5. The summed E-state index contributed by atoms with van der Waals surface area (Å²) in [5.74, 6) is -0.0549. The molecule has 2 saturated heterocycles. The first-order chi connectivity index (χ1) is 12.2. The first kappa shape index (κ1) is 18.4. The Morgan fingerprint density at radius 3 is 2.65 bits per heavy atom. The fourth-order valence-corrected chi connectivity index (χ4v) is 3.71. The number of fused-ring (bicyclic) bond motifs is 1. The van der Waals surface area contributed by atoms with E-state index >= 15 is 0 Å². The molecule has 0 bridgehead atoms. The third kappa shape index (κ3) is 3.59. The molecule has 3 rings (SSSR count). The summed E-state index contributed by atoms with van der Waals surface area (Å²) in [4.78, 5) is 47.1. The predicted molar refractivity (Wildman–Crippen MR) is 95.0 cm³/mol. The van der Waals surface area contributed by atoms with E-state index in [-0.39, 0.29) is 42.3 Å². The van der Waals surface area contributed by atoms with Gasteiger partial charge in [-0.25, -0.2) is 9.78 Å². The maximum Gasteiger partial charge on any atom is 0.327 e. The van der Waals surface area contributed by atoms with Crippen molar-refractivity contribution in [2.45, 2.75) is 40.3 Å². The lowest BCUT2D eigenvalue weighted by Crippen LogP contribution is -2.45. The smallest absolute Gasteiger partial charge is 0.327 e. The van der Waals surface area contributed by atoms with Gasteiger partial charge >= 0.3 is 6.03 Å². The summed E-state index contributed by atoms with van der Waals surface area (Å²) in [6.07, 6.45) is 4.97. The zero-order chi connectivity index (χ0) is 19.1. The molecule has 1 unspecified atom stereocenters. The van der Waals surface area contributed by atoms with Gasteiger partial charge in [-0.15, -0.1) is 0 Å². The number of rotatable bonds is 4. The van der Waals surface area contributed by atoms with Crippen molar-refractivity contribution in [2.24, 2.45) is 11.3 Å². The molecule has 142 valence electrons. The highest BCUT2D eigenvalue weighted by Crippen LogP contribution is 2.30. The minimum Gasteiger partial charge on any atom is -0.338 e. The van der Waals surface area contributed by atoms with Gasteiger partial charge in [0.2, 0.25) is 5.91 Å². The van der Waals surface area contributed by atoms with Crippen molar-refractivity contribution in [1.82, 2.24) is 24.3 Å². The summed E-state index contributed by atoms with van der Waals surface area (Å²) in [5, 5.41) is 0. The molecule has 3 heterocycles. The van der Waals surface area contributed by atoms with E-state index in [9.17, 15) is 14.4 Å². The van der Waals surface area contributed by atoms with E-state index in [1.807, 2.05) is 27.7 Å². The van der Waals surface area contributed by atoms with Crippen molar-refractivity contribution in [3.63, 3.8) is 0 Å². The summed E-state index contributed by atoms with van der Waals surface area (Å²) in [6, 6.07) is -0.819. The van der Waals surface area contributed by atoms with E-state index in [0.29, 0.717) is 19.6 Å². The number of aromatic nitrogens is 2. The topological polar surface area (TPSA) is 78.8 Å². The van der Waals surface area contributed by atoms with E-state index in [1.165, 1.54) is 4.90 Å². The Balaban J connectivity index is 1.82. The van der Waals surface area contributed by atoms with Crippen LogP contribution >= 0.6 is 0 Å². The number of carbonyl (C=O) groups excluding carboxylic acids is 3. The number of imide groups is 1. The van der Waals surface area contributed by atoms with Crippen LogP contribution in [0.3, 0.4) is 0 Å². The Morgan fingerprint density at radius 1 is 1.31 bits per heavy atom. The quantitative estimate of drug-likeness (QED) is 0.751. The number of hydrogen-bond donors (Lipinski definition) is 0.